The van der Waals surface area contributed by atoms with Crippen LogP contribution in [0.5, 0.6) is 5.75 Å². The maximum Gasteiger partial charge on any atom is 0.115 e. The maximum absolute atomic E-state index is 9.38. The molecule has 0 fully saturated rings. The summed E-state index contributed by atoms with van der Waals surface area (Å²) in [7, 11) is 2.07. The second-order valence-electron chi connectivity index (χ2n) is 3.89. The standard InChI is InChI=1S/C12H20N2O/c1-10(14(2)8-4-7-13)11-5-3-6-12(15)9-11/h3,5-6,9-10,15H,4,7-8,13H2,1-2H3. The van der Waals surface area contributed by atoms with Gasteiger partial charge in [0.25, 0.3) is 0 Å². The van der Waals surface area contributed by atoms with E-state index in [2.05, 4.69) is 18.9 Å². The number of hydrogen-bond donors (Lipinski definition) is 2. The molecule has 1 aromatic carbocycles. The monoisotopic (exact) mass is 208 g/mol. The van der Waals surface area contributed by atoms with Crippen LogP contribution in [0.15, 0.2) is 24.3 Å². The first-order chi connectivity index (χ1) is 7.15. The van der Waals surface area contributed by atoms with Crippen molar-refractivity contribution in [3.8, 4) is 5.75 Å². The molecule has 15 heavy (non-hydrogen) atoms. The molecule has 84 valence electrons. The van der Waals surface area contributed by atoms with Gasteiger partial charge in [-0.25, -0.2) is 0 Å². The lowest BCUT2D eigenvalue weighted by Gasteiger charge is -2.24. The normalized spacial score (nSPS) is 13.1. The number of hydrogen-bond acceptors (Lipinski definition) is 3. The fourth-order valence-corrected chi connectivity index (χ4v) is 1.57. The van der Waals surface area contributed by atoms with Crippen LogP contribution in [0.3, 0.4) is 0 Å². The molecule has 0 spiro atoms. The minimum Gasteiger partial charge on any atom is -0.508 e. The number of nitrogens with zero attached hydrogens (tertiary/aromatic N) is 1. The lowest BCUT2D eigenvalue weighted by Crippen LogP contribution is -2.25. The molecule has 1 atom stereocenters. The van der Waals surface area contributed by atoms with Gasteiger partial charge in [0.05, 0.1) is 0 Å². The first-order valence-corrected chi connectivity index (χ1v) is 5.34. The summed E-state index contributed by atoms with van der Waals surface area (Å²) in [6.07, 6.45) is 1.000. The highest BCUT2D eigenvalue weighted by atomic mass is 16.3. The van der Waals surface area contributed by atoms with E-state index in [-0.39, 0.29) is 0 Å². The number of phenols is 1. The minimum atomic E-state index is 0.309. The number of nitrogens with two attached hydrogens (primary N) is 1. The van der Waals surface area contributed by atoms with Crippen molar-refractivity contribution >= 4 is 0 Å². The zero-order valence-electron chi connectivity index (χ0n) is 9.48. The third-order valence-electron chi connectivity index (χ3n) is 2.73. The molecule has 0 amide bonds. The molecule has 1 aromatic rings. The molecule has 0 bridgehead atoms. The molecule has 0 aliphatic rings. The van der Waals surface area contributed by atoms with Crippen molar-refractivity contribution in [2.24, 2.45) is 5.73 Å². The Morgan fingerprint density at radius 1 is 1.47 bits per heavy atom. The molecule has 0 aromatic heterocycles. The average molecular weight is 208 g/mol. The van der Waals surface area contributed by atoms with E-state index in [9.17, 15) is 5.11 Å². The predicted octanol–water partition coefficient (Wildman–Crippen LogP) is 1.73. The summed E-state index contributed by atoms with van der Waals surface area (Å²) in [6.45, 7) is 3.83. The number of benzene rings is 1. The smallest absolute Gasteiger partial charge is 0.115 e. The molecule has 3 nitrogen and oxygen atoms in total. The van der Waals surface area contributed by atoms with Gasteiger partial charge in [-0.2, -0.15) is 0 Å². The Kier molecular flexibility index (Phi) is 4.59. The van der Waals surface area contributed by atoms with Gasteiger partial charge in [0, 0.05) is 6.04 Å². The Balaban J connectivity index is 2.62. The zero-order valence-corrected chi connectivity index (χ0v) is 9.48. The molecule has 0 saturated carbocycles. The van der Waals surface area contributed by atoms with Crippen molar-refractivity contribution in [1.29, 1.82) is 0 Å². The van der Waals surface area contributed by atoms with Gasteiger partial charge < -0.3 is 10.8 Å². The molecule has 0 aliphatic heterocycles. The Morgan fingerprint density at radius 2 is 2.20 bits per heavy atom. The predicted molar refractivity (Wildman–Crippen MR) is 62.8 cm³/mol. The number of phenolic OH excluding ortho intramolecular Hbond substituents is 1. The fourth-order valence-electron chi connectivity index (χ4n) is 1.57. The number of aromatic hydroxyl groups is 1. The van der Waals surface area contributed by atoms with Gasteiger partial charge in [-0.05, 0) is 51.2 Å². The Bertz CT molecular complexity index is 301. The quantitative estimate of drug-likeness (QED) is 0.775. The van der Waals surface area contributed by atoms with Gasteiger partial charge in [-0.3, -0.25) is 4.90 Å². The van der Waals surface area contributed by atoms with Crippen LogP contribution in [0.4, 0.5) is 0 Å². The van der Waals surface area contributed by atoms with Crippen LogP contribution in [0.1, 0.15) is 24.9 Å². The van der Waals surface area contributed by atoms with E-state index in [1.54, 1.807) is 6.07 Å². The summed E-state index contributed by atoms with van der Waals surface area (Å²) >= 11 is 0. The van der Waals surface area contributed by atoms with Crippen molar-refractivity contribution in [2.75, 3.05) is 20.1 Å². The third-order valence-corrected chi connectivity index (χ3v) is 2.73. The fraction of sp³-hybridized carbons (Fsp3) is 0.500. The molecule has 1 rings (SSSR count). The summed E-state index contributed by atoms with van der Waals surface area (Å²) in [5.74, 6) is 0.326. The summed E-state index contributed by atoms with van der Waals surface area (Å²) in [5.41, 5.74) is 6.61. The van der Waals surface area contributed by atoms with E-state index in [0.717, 1.165) is 25.1 Å². The van der Waals surface area contributed by atoms with E-state index in [0.29, 0.717) is 11.8 Å². The van der Waals surface area contributed by atoms with Crippen LogP contribution in [0.25, 0.3) is 0 Å². The van der Waals surface area contributed by atoms with Crippen molar-refractivity contribution in [3.05, 3.63) is 29.8 Å². The van der Waals surface area contributed by atoms with Crippen molar-refractivity contribution in [2.45, 2.75) is 19.4 Å². The third kappa shape index (κ3) is 3.53. The van der Waals surface area contributed by atoms with E-state index >= 15 is 0 Å². The summed E-state index contributed by atoms with van der Waals surface area (Å²) in [5, 5.41) is 9.38. The Labute approximate surface area is 91.5 Å². The zero-order chi connectivity index (χ0) is 11.3. The van der Waals surface area contributed by atoms with E-state index in [1.807, 2.05) is 18.2 Å². The van der Waals surface area contributed by atoms with Gasteiger partial charge in [-0.15, -0.1) is 0 Å². The average Bonchev–Trinajstić information content (AvgIpc) is 2.24. The molecule has 3 N–H and O–H groups in total. The van der Waals surface area contributed by atoms with Crippen molar-refractivity contribution < 1.29 is 5.11 Å². The SMILES string of the molecule is CC(c1cccc(O)c1)N(C)CCCN. The van der Waals surface area contributed by atoms with Crippen LogP contribution in [-0.4, -0.2) is 30.1 Å². The molecule has 0 radical (unpaired) electrons. The Morgan fingerprint density at radius 3 is 2.80 bits per heavy atom. The highest BCUT2D eigenvalue weighted by molar-refractivity contribution is 5.29. The summed E-state index contributed by atoms with van der Waals surface area (Å²) < 4.78 is 0. The molecule has 0 saturated heterocycles. The van der Waals surface area contributed by atoms with Crippen LogP contribution in [0.2, 0.25) is 0 Å². The molecule has 3 heteroatoms. The second kappa shape index (κ2) is 5.73. The minimum absolute atomic E-state index is 0.309. The van der Waals surface area contributed by atoms with Crippen LogP contribution in [0, 0.1) is 0 Å². The molecular formula is C12H20N2O. The summed E-state index contributed by atoms with van der Waals surface area (Å²) in [6, 6.07) is 7.71. The first-order valence-electron chi connectivity index (χ1n) is 5.34. The Hall–Kier alpha value is -1.06. The van der Waals surface area contributed by atoms with E-state index < -0.39 is 0 Å². The van der Waals surface area contributed by atoms with Gasteiger partial charge >= 0.3 is 0 Å². The molecular weight excluding hydrogens is 188 g/mol. The molecule has 0 aliphatic carbocycles. The topological polar surface area (TPSA) is 49.5 Å². The highest BCUT2D eigenvalue weighted by Gasteiger charge is 2.10. The van der Waals surface area contributed by atoms with Crippen molar-refractivity contribution in [1.82, 2.24) is 4.90 Å². The lowest BCUT2D eigenvalue weighted by atomic mass is 10.1. The van der Waals surface area contributed by atoms with Crippen molar-refractivity contribution in [3.63, 3.8) is 0 Å². The van der Waals surface area contributed by atoms with Crippen LogP contribution in [-0.2, 0) is 0 Å². The van der Waals surface area contributed by atoms with E-state index in [1.165, 1.54) is 0 Å². The van der Waals surface area contributed by atoms with Crippen LogP contribution >= 0.6 is 0 Å². The van der Waals surface area contributed by atoms with E-state index in [4.69, 9.17) is 5.73 Å². The second-order valence-corrected chi connectivity index (χ2v) is 3.89. The van der Waals surface area contributed by atoms with Gasteiger partial charge in [0.15, 0.2) is 0 Å². The van der Waals surface area contributed by atoms with Gasteiger partial charge in [0.2, 0.25) is 0 Å². The van der Waals surface area contributed by atoms with Gasteiger partial charge in [0.1, 0.15) is 5.75 Å². The summed E-state index contributed by atoms with van der Waals surface area (Å²) in [4.78, 5) is 2.24. The lowest BCUT2D eigenvalue weighted by molar-refractivity contribution is 0.259. The molecule has 0 heterocycles. The van der Waals surface area contributed by atoms with Crippen LogP contribution < -0.4 is 5.73 Å². The first kappa shape index (κ1) is 12.0. The van der Waals surface area contributed by atoms with Gasteiger partial charge in [-0.1, -0.05) is 12.1 Å². The highest BCUT2D eigenvalue weighted by Crippen LogP contribution is 2.22. The number of rotatable bonds is 5. The largest absolute Gasteiger partial charge is 0.508 e. The maximum atomic E-state index is 9.38. The molecule has 1 unspecified atom stereocenters.